The molecule has 22 heavy (non-hydrogen) atoms. The fraction of sp³-hybridized carbons (Fsp3) is 0.294. The number of benzene rings is 1. The monoisotopic (exact) mass is 300 g/mol. The molecule has 0 aliphatic carbocycles. The Kier molecular flexibility index (Phi) is 6.23. The topological polar surface area (TPSA) is 71.3 Å². The van der Waals surface area contributed by atoms with Crippen LogP contribution in [0.25, 0.3) is 0 Å². The molecule has 2 aromatic rings. The van der Waals surface area contributed by atoms with Gasteiger partial charge in [-0.25, -0.2) is 0 Å². The van der Waals surface area contributed by atoms with Gasteiger partial charge in [-0.1, -0.05) is 30.3 Å². The summed E-state index contributed by atoms with van der Waals surface area (Å²) in [6.07, 6.45) is 4.31. The fourth-order valence-electron chi connectivity index (χ4n) is 2.04. The number of amides is 2. The molecule has 1 aromatic heterocycles. The summed E-state index contributed by atoms with van der Waals surface area (Å²) in [6, 6.07) is 13.7. The maximum Gasteiger partial charge on any atom is 0.309 e. The van der Waals surface area contributed by atoms with E-state index in [2.05, 4.69) is 22.8 Å². The van der Waals surface area contributed by atoms with Crippen LogP contribution < -0.4 is 10.6 Å². The standard InChI is InChI=1S/C17H20N2O3/c20-16(17(21)19-13-15-10-6-12-22-15)18-11-5-4-9-14-7-2-1-3-8-14/h1-3,6-8,10,12H,4-5,9,11,13H2,(H,18,20)(H,19,21). The second-order valence-electron chi connectivity index (χ2n) is 4.96. The molecule has 0 atom stereocenters. The maximum atomic E-state index is 11.6. The zero-order valence-corrected chi connectivity index (χ0v) is 12.4. The Morgan fingerprint density at radius 3 is 2.41 bits per heavy atom. The van der Waals surface area contributed by atoms with Crippen molar-refractivity contribution in [3.8, 4) is 0 Å². The van der Waals surface area contributed by atoms with Gasteiger partial charge in [0.1, 0.15) is 5.76 Å². The highest BCUT2D eigenvalue weighted by molar-refractivity contribution is 6.35. The van der Waals surface area contributed by atoms with Crippen LogP contribution in [0.3, 0.4) is 0 Å². The number of carbonyl (C=O) groups excluding carboxylic acids is 2. The van der Waals surface area contributed by atoms with Crippen LogP contribution in [0.4, 0.5) is 0 Å². The third kappa shape index (κ3) is 5.44. The van der Waals surface area contributed by atoms with E-state index in [-0.39, 0.29) is 6.54 Å². The van der Waals surface area contributed by atoms with Crippen molar-refractivity contribution in [2.45, 2.75) is 25.8 Å². The number of nitrogens with one attached hydrogen (secondary N) is 2. The number of carbonyl (C=O) groups is 2. The van der Waals surface area contributed by atoms with Gasteiger partial charge < -0.3 is 15.1 Å². The summed E-state index contributed by atoms with van der Waals surface area (Å²) >= 11 is 0. The molecule has 0 bridgehead atoms. The van der Waals surface area contributed by atoms with Crippen molar-refractivity contribution in [2.75, 3.05) is 6.54 Å². The Balaban J connectivity index is 1.56. The van der Waals surface area contributed by atoms with E-state index in [0.29, 0.717) is 12.3 Å². The second-order valence-corrected chi connectivity index (χ2v) is 4.96. The van der Waals surface area contributed by atoms with E-state index in [4.69, 9.17) is 4.42 Å². The first-order valence-electron chi connectivity index (χ1n) is 7.38. The van der Waals surface area contributed by atoms with E-state index in [1.54, 1.807) is 12.1 Å². The van der Waals surface area contributed by atoms with Crippen molar-refractivity contribution >= 4 is 11.8 Å². The molecule has 0 spiro atoms. The van der Waals surface area contributed by atoms with Crippen molar-refractivity contribution in [1.29, 1.82) is 0 Å². The van der Waals surface area contributed by atoms with Gasteiger partial charge in [0.2, 0.25) is 0 Å². The summed E-state index contributed by atoms with van der Waals surface area (Å²) in [5, 5.41) is 5.12. The molecule has 1 heterocycles. The van der Waals surface area contributed by atoms with Gasteiger partial charge in [-0.15, -0.1) is 0 Å². The molecule has 0 fully saturated rings. The summed E-state index contributed by atoms with van der Waals surface area (Å²) in [5.74, 6) is -0.630. The normalized spacial score (nSPS) is 10.2. The summed E-state index contributed by atoms with van der Waals surface area (Å²) < 4.78 is 5.07. The van der Waals surface area contributed by atoms with Gasteiger partial charge >= 0.3 is 11.8 Å². The number of hydrogen-bond donors (Lipinski definition) is 2. The Bertz CT molecular complexity index is 579. The Morgan fingerprint density at radius 2 is 1.68 bits per heavy atom. The van der Waals surface area contributed by atoms with Gasteiger partial charge in [0.05, 0.1) is 12.8 Å². The molecular formula is C17H20N2O3. The Morgan fingerprint density at radius 1 is 0.909 bits per heavy atom. The van der Waals surface area contributed by atoms with E-state index >= 15 is 0 Å². The highest BCUT2D eigenvalue weighted by Crippen LogP contribution is 2.03. The van der Waals surface area contributed by atoms with Gasteiger partial charge in [0, 0.05) is 6.54 Å². The molecule has 116 valence electrons. The largest absolute Gasteiger partial charge is 0.467 e. The molecule has 0 unspecified atom stereocenters. The van der Waals surface area contributed by atoms with Crippen LogP contribution in [-0.4, -0.2) is 18.4 Å². The van der Waals surface area contributed by atoms with Crippen molar-refractivity contribution < 1.29 is 14.0 Å². The summed E-state index contributed by atoms with van der Waals surface area (Å²) in [5.41, 5.74) is 1.28. The average Bonchev–Trinajstić information content (AvgIpc) is 3.06. The summed E-state index contributed by atoms with van der Waals surface area (Å²) in [4.78, 5) is 23.1. The van der Waals surface area contributed by atoms with Crippen LogP contribution in [0.1, 0.15) is 24.2 Å². The lowest BCUT2D eigenvalue weighted by molar-refractivity contribution is -0.139. The first kappa shape index (κ1) is 15.8. The number of rotatable bonds is 7. The quantitative estimate of drug-likeness (QED) is 0.607. The first-order valence-corrected chi connectivity index (χ1v) is 7.38. The molecule has 0 saturated heterocycles. The fourth-order valence-corrected chi connectivity index (χ4v) is 2.04. The number of aryl methyl sites for hydroxylation is 1. The van der Waals surface area contributed by atoms with Crippen LogP contribution in [0.15, 0.2) is 53.1 Å². The number of hydrogen-bond acceptors (Lipinski definition) is 3. The third-order valence-corrected chi connectivity index (χ3v) is 3.23. The third-order valence-electron chi connectivity index (χ3n) is 3.23. The molecule has 1 aromatic carbocycles. The lowest BCUT2D eigenvalue weighted by Gasteiger charge is -2.05. The van der Waals surface area contributed by atoms with E-state index in [9.17, 15) is 9.59 Å². The lowest BCUT2D eigenvalue weighted by Crippen LogP contribution is -2.39. The van der Waals surface area contributed by atoms with Crippen molar-refractivity contribution in [3.63, 3.8) is 0 Å². The number of unbranched alkanes of at least 4 members (excludes halogenated alkanes) is 1. The highest BCUT2D eigenvalue weighted by Gasteiger charge is 2.12. The SMILES string of the molecule is O=C(NCCCCc1ccccc1)C(=O)NCc1ccco1. The molecule has 2 N–H and O–H groups in total. The van der Waals surface area contributed by atoms with E-state index < -0.39 is 11.8 Å². The number of furan rings is 1. The van der Waals surface area contributed by atoms with Gasteiger partial charge in [0.15, 0.2) is 0 Å². The predicted octanol–water partition coefficient (Wildman–Crippen LogP) is 2.03. The minimum Gasteiger partial charge on any atom is -0.467 e. The Labute approximate surface area is 129 Å². The highest BCUT2D eigenvalue weighted by atomic mass is 16.3. The maximum absolute atomic E-state index is 11.6. The molecule has 2 rings (SSSR count). The second kappa shape index (κ2) is 8.67. The lowest BCUT2D eigenvalue weighted by atomic mass is 10.1. The first-order chi connectivity index (χ1) is 10.8. The Hall–Kier alpha value is -2.56. The van der Waals surface area contributed by atoms with E-state index in [1.807, 2.05) is 18.2 Å². The molecule has 0 aliphatic heterocycles. The molecule has 5 nitrogen and oxygen atoms in total. The van der Waals surface area contributed by atoms with Crippen LogP contribution in [0.5, 0.6) is 0 Å². The minimum atomic E-state index is -0.639. The van der Waals surface area contributed by atoms with Crippen LogP contribution in [-0.2, 0) is 22.6 Å². The molecular weight excluding hydrogens is 280 g/mol. The van der Waals surface area contributed by atoms with Gasteiger partial charge in [0.25, 0.3) is 0 Å². The smallest absolute Gasteiger partial charge is 0.309 e. The summed E-state index contributed by atoms with van der Waals surface area (Å²) in [6.45, 7) is 0.715. The van der Waals surface area contributed by atoms with Crippen LogP contribution in [0.2, 0.25) is 0 Å². The van der Waals surface area contributed by atoms with Crippen molar-refractivity contribution in [1.82, 2.24) is 10.6 Å². The predicted molar refractivity (Wildman–Crippen MR) is 82.9 cm³/mol. The van der Waals surface area contributed by atoms with Crippen LogP contribution >= 0.6 is 0 Å². The molecule has 0 saturated carbocycles. The zero-order chi connectivity index (χ0) is 15.6. The minimum absolute atomic E-state index is 0.216. The molecule has 0 radical (unpaired) electrons. The zero-order valence-electron chi connectivity index (χ0n) is 12.4. The molecule has 0 aliphatic rings. The molecule has 5 heteroatoms. The van der Waals surface area contributed by atoms with Gasteiger partial charge in [-0.05, 0) is 37.0 Å². The average molecular weight is 300 g/mol. The molecule has 2 amide bonds. The van der Waals surface area contributed by atoms with Crippen LogP contribution in [0, 0.1) is 0 Å². The van der Waals surface area contributed by atoms with Crippen molar-refractivity contribution in [2.24, 2.45) is 0 Å². The van der Waals surface area contributed by atoms with E-state index in [0.717, 1.165) is 19.3 Å². The van der Waals surface area contributed by atoms with E-state index in [1.165, 1.54) is 11.8 Å². The van der Waals surface area contributed by atoms with Crippen molar-refractivity contribution in [3.05, 3.63) is 60.1 Å². The van der Waals surface area contributed by atoms with Gasteiger partial charge in [-0.3, -0.25) is 9.59 Å². The van der Waals surface area contributed by atoms with Gasteiger partial charge in [-0.2, -0.15) is 0 Å². The summed E-state index contributed by atoms with van der Waals surface area (Å²) in [7, 11) is 0.